The third-order valence-corrected chi connectivity index (χ3v) is 6.20. The summed E-state index contributed by atoms with van der Waals surface area (Å²) in [5, 5.41) is 2.38. The molecule has 0 bridgehead atoms. The van der Waals surface area contributed by atoms with Crippen LogP contribution < -0.4 is 5.32 Å². The molecule has 2 amide bonds. The van der Waals surface area contributed by atoms with Crippen molar-refractivity contribution in [2.45, 2.75) is 18.1 Å². The molecule has 0 aromatic carbocycles. The average molecular weight is 337 g/mol. The van der Waals surface area contributed by atoms with E-state index in [4.69, 9.17) is 11.6 Å². The molecule has 1 fully saturated rings. The Hall–Kier alpha value is -0.790. The summed E-state index contributed by atoms with van der Waals surface area (Å²) in [5.41, 5.74) is 0. The minimum Gasteiger partial charge on any atom is -0.338 e. The van der Waals surface area contributed by atoms with E-state index in [2.05, 4.69) is 5.32 Å². The van der Waals surface area contributed by atoms with Crippen molar-refractivity contribution in [1.82, 2.24) is 10.2 Å². The Bertz CT molecular complexity index is 585. The molecule has 1 N–H and O–H groups in total. The second-order valence-electron chi connectivity index (χ2n) is 4.87. The molecule has 1 aromatic heterocycles. The van der Waals surface area contributed by atoms with Gasteiger partial charge in [0, 0.05) is 30.8 Å². The lowest BCUT2D eigenvalue weighted by molar-refractivity contribution is 0.209. The van der Waals surface area contributed by atoms with Gasteiger partial charge in [0.05, 0.1) is 9.59 Å². The summed E-state index contributed by atoms with van der Waals surface area (Å²) in [6.07, 6.45) is 2.47. The van der Waals surface area contributed by atoms with Crippen molar-refractivity contribution in [1.29, 1.82) is 0 Å². The number of urea groups is 1. The van der Waals surface area contributed by atoms with Crippen molar-refractivity contribution in [3.8, 4) is 0 Å². The molecular weight excluding hydrogens is 320 g/mol. The lowest BCUT2D eigenvalue weighted by Gasteiger charge is -2.16. The van der Waals surface area contributed by atoms with Gasteiger partial charge in [-0.25, -0.2) is 13.2 Å². The van der Waals surface area contributed by atoms with Gasteiger partial charge in [0.1, 0.15) is 0 Å². The van der Waals surface area contributed by atoms with Gasteiger partial charge >= 0.3 is 6.03 Å². The van der Waals surface area contributed by atoms with Crippen LogP contribution in [0.25, 0.3) is 0 Å². The topological polar surface area (TPSA) is 66.5 Å². The summed E-state index contributed by atoms with van der Waals surface area (Å²) in [5.74, 6) is 0. The number of hydrogen-bond acceptors (Lipinski definition) is 4. The first-order valence-corrected chi connectivity index (χ1v) is 9.47. The zero-order chi connectivity index (χ0) is 14.8. The number of carbonyl (C=O) groups is 1. The van der Waals surface area contributed by atoms with Crippen LogP contribution in [0, 0.1) is 0 Å². The number of rotatable bonds is 4. The van der Waals surface area contributed by atoms with Gasteiger partial charge in [-0.2, -0.15) is 0 Å². The molecule has 2 heterocycles. The number of hydrogen-bond donors (Lipinski definition) is 1. The lowest BCUT2D eigenvalue weighted by Crippen LogP contribution is -2.40. The van der Waals surface area contributed by atoms with Gasteiger partial charge in [0.15, 0.2) is 9.84 Å². The number of amides is 2. The lowest BCUT2D eigenvalue weighted by atomic mass is 10.3. The number of nitrogens with zero attached hydrogens (tertiary/aromatic N) is 1. The number of thiophene rings is 1. The van der Waals surface area contributed by atoms with Crippen molar-refractivity contribution in [2.75, 3.05) is 25.9 Å². The van der Waals surface area contributed by atoms with E-state index in [0.717, 1.165) is 15.6 Å². The third-order valence-electron chi connectivity index (χ3n) is 3.31. The molecule has 1 atom stereocenters. The molecule has 0 radical (unpaired) electrons. The van der Waals surface area contributed by atoms with Crippen LogP contribution in [0.1, 0.15) is 11.3 Å². The average Bonchev–Trinajstić information content (AvgIpc) is 2.97. The molecule has 1 aliphatic heterocycles. The zero-order valence-corrected chi connectivity index (χ0v) is 13.5. The maximum Gasteiger partial charge on any atom is 0.317 e. The molecule has 5 nitrogen and oxygen atoms in total. The standard InChI is InChI=1S/C12H17ClN2O3S2/c1-20(17,18)10-5-7-15(8-10)12(16)14-6-4-9-2-3-11(13)19-9/h2-3,10H,4-8H2,1H3,(H,14,16)/t10-/m1/s1. The van der Waals surface area contributed by atoms with Crippen molar-refractivity contribution < 1.29 is 13.2 Å². The second-order valence-corrected chi connectivity index (χ2v) is 9.00. The summed E-state index contributed by atoms with van der Waals surface area (Å²) >= 11 is 7.33. The Kier molecular flexibility index (Phi) is 4.93. The Morgan fingerprint density at radius 3 is 2.85 bits per heavy atom. The zero-order valence-electron chi connectivity index (χ0n) is 11.1. The number of halogens is 1. The smallest absolute Gasteiger partial charge is 0.317 e. The van der Waals surface area contributed by atoms with Gasteiger partial charge in [0.25, 0.3) is 0 Å². The van der Waals surface area contributed by atoms with Crippen LogP contribution in [0.5, 0.6) is 0 Å². The van der Waals surface area contributed by atoms with Crippen LogP contribution >= 0.6 is 22.9 Å². The molecule has 112 valence electrons. The summed E-state index contributed by atoms with van der Waals surface area (Å²) in [6, 6.07) is 3.58. The number of likely N-dealkylation sites (tertiary alicyclic amines) is 1. The van der Waals surface area contributed by atoms with Crippen LogP contribution in [0.2, 0.25) is 4.34 Å². The molecule has 8 heteroatoms. The van der Waals surface area contributed by atoms with Gasteiger partial charge in [0.2, 0.25) is 0 Å². The second kappa shape index (κ2) is 6.32. The van der Waals surface area contributed by atoms with Crippen LogP contribution in [0.3, 0.4) is 0 Å². The van der Waals surface area contributed by atoms with Crippen molar-refractivity contribution in [3.63, 3.8) is 0 Å². The van der Waals surface area contributed by atoms with E-state index in [1.807, 2.05) is 12.1 Å². The first-order valence-electron chi connectivity index (χ1n) is 6.32. The minimum atomic E-state index is -3.06. The molecule has 0 saturated carbocycles. The Morgan fingerprint density at radius 2 is 2.30 bits per heavy atom. The number of nitrogens with one attached hydrogen (secondary N) is 1. The molecule has 1 saturated heterocycles. The highest BCUT2D eigenvalue weighted by Crippen LogP contribution is 2.21. The van der Waals surface area contributed by atoms with Crippen molar-refractivity contribution in [2.24, 2.45) is 0 Å². The SMILES string of the molecule is CS(=O)(=O)[C@@H]1CCN(C(=O)NCCc2ccc(Cl)s2)C1. The first-order chi connectivity index (χ1) is 9.36. The van der Waals surface area contributed by atoms with E-state index in [1.165, 1.54) is 17.6 Å². The van der Waals surface area contributed by atoms with E-state index in [0.29, 0.717) is 19.5 Å². The van der Waals surface area contributed by atoms with E-state index >= 15 is 0 Å². The molecule has 0 aliphatic carbocycles. The fraction of sp³-hybridized carbons (Fsp3) is 0.583. The molecule has 1 aliphatic rings. The predicted molar refractivity (Wildman–Crippen MR) is 81.3 cm³/mol. The van der Waals surface area contributed by atoms with Gasteiger partial charge < -0.3 is 10.2 Å². The third kappa shape index (κ3) is 4.10. The van der Waals surface area contributed by atoms with Gasteiger partial charge in [-0.05, 0) is 25.0 Å². The maximum atomic E-state index is 11.9. The normalized spacial score (nSPS) is 19.3. The Balaban J connectivity index is 1.76. The van der Waals surface area contributed by atoms with Gasteiger partial charge in [-0.1, -0.05) is 11.6 Å². The summed E-state index contributed by atoms with van der Waals surface area (Å²) in [4.78, 5) is 14.6. The highest BCUT2D eigenvalue weighted by molar-refractivity contribution is 7.91. The molecular formula is C12H17ClN2O3S2. The van der Waals surface area contributed by atoms with Crippen LogP contribution in [-0.2, 0) is 16.3 Å². The highest BCUT2D eigenvalue weighted by Gasteiger charge is 2.32. The molecule has 20 heavy (non-hydrogen) atoms. The summed E-state index contributed by atoms with van der Waals surface area (Å²) < 4.78 is 23.6. The van der Waals surface area contributed by atoms with E-state index in [9.17, 15) is 13.2 Å². The molecule has 2 rings (SSSR count). The molecule has 0 unspecified atom stereocenters. The van der Waals surface area contributed by atoms with E-state index in [1.54, 1.807) is 4.90 Å². The minimum absolute atomic E-state index is 0.196. The van der Waals surface area contributed by atoms with Crippen molar-refractivity contribution in [3.05, 3.63) is 21.3 Å². The summed E-state index contributed by atoms with van der Waals surface area (Å²) in [6.45, 7) is 1.31. The fourth-order valence-electron chi connectivity index (χ4n) is 2.15. The van der Waals surface area contributed by atoms with E-state index < -0.39 is 15.1 Å². The van der Waals surface area contributed by atoms with Gasteiger partial charge in [-0.3, -0.25) is 0 Å². The first kappa shape index (κ1) is 15.6. The van der Waals surface area contributed by atoms with Gasteiger partial charge in [-0.15, -0.1) is 11.3 Å². The quantitative estimate of drug-likeness (QED) is 0.911. The highest BCUT2D eigenvalue weighted by atomic mass is 35.5. The molecule has 1 aromatic rings. The predicted octanol–water partition coefficient (Wildman–Crippen LogP) is 1.77. The van der Waals surface area contributed by atoms with Crippen molar-refractivity contribution >= 4 is 38.8 Å². The fourth-order valence-corrected chi connectivity index (χ4v) is 4.22. The Labute approximate surface area is 127 Å². The van der Waals surface area contributed by atoms with Crippen LogP contribution in [-0.4, -0.2) is 50.5 Å². The number of sulfone groups is 1. The molecule has 0 spiro atoms. The van der Waals surface area contributed by atoms with E-state index in [-0.39, 0.29) is 12.6 Å². The number of carbonyl (C=O) groups excluding carboxylic acids is 1. The van der Waals surface area contributed by atoms with Crippen LogP contribution in [0.15, 0.2) is 12.1 Å². The van der Waals surface area contributed by atoms with Crippen LogP contribution in [0.4, 0.5) is 4.79 Å². The largest absolute Gasteiger partial charge is 0.338 e. The monoisotopic (exact) mass is 336 g/mol. The summed E-state index contributed by atoms with van der Waals surface area (Å²) in [7, 11) is -3.06. The Morgan fingerprint density at radius 1 is 1.55 bits per heavy atom. The maximum absolute atomic E-state index is 11.9.